The van der Waals surface area contributed by atoms with Gasteiger partial charge < -0.3 is 15.1 Å². The summed E-state index contributed by atoms with van der Waals surface area (Å²) in [6.45, 7) is 0. The van der Waals surface area contributed by atoms with Crippen molar-refractivity contribution in [2.75, 3.05) is 16.8 Å². The molecule has 8 heteroatoms. The summed E-state index contributed by atoms with van der Waals surface area (Å²) in [4.78, 5) is 27.9. The van der Waals surface area contributed by atoms with Gasteiger partial charge in [-0.1, -0.05) is 0 Å². The molecule has 1 atom stereocenters. The van der Waals surface area contributed by atoms with Gasteiger partial charge in [-0.2, -0.15) is 11.8 Å². The second-order valence-corrected chi connectivity index (χ2v) is 6.46. The van der Waals surface area contributed by atoms with E-state index in [1.54, 1.807) is 24.1 Å². The highest BCUT2D eigenvalue weighted by Gasteiger charge is 2.24. The van der Waals surface area contributed by atoms with Crippen molar-refractivity contribution in [1.82, 2.24) is 10.3 Å². The molecular weight excluding hydrogens is 310 g/mol. The summed E-state index contributed by atoms with van der Waals surface area (Å²) in [5, 5.41) is 7.77. The number of furan rings is 1. The predicted octanol–water partition coefficient (Wildman–Crippen LogP) is 1.96. The molecule has 6 nitrogen and oxygen atoms in total. The average Bonchev–Trinajstić information content (AvgIpc) is 3.08. The molecule has 0 radical (unpaired) electrons. The normalized spacial score (nSPS) is 18.9. The van der Waals surface area contributed by atoms with E-state index in [0.29, 0.717) is 28.8 Å². The van der Waals surface area contributed by atoms with Crippen molar-refractivity contribution in [2.45, 2.75) is 12.5 Å². The van der Waals surface area contributed by atoms with Crippen LogP contribution in [0.25, 0.3) is 11.5 Å². The van der Waals surface area contributed by atoms with E-state index in [9.17, 15) is 9.59 Å². The monoisotopic (exact) mass is 323 g/mol. The topological polar surface area (TPSA) is 84.2 Å². The predicted molar refractivity (Wildman–Crippen MR) is 82.3 cm³/mol. The maximum absolute atomic E-state index is 12.2. The van der Waals surface area contributed by atoms with Gasteiger partial charge in [0.25, 0.3) is 0 Å². The van der Waals surface area contributed by atoms with E-state index in [4.69, 9.17) is 4.42 Å². The van der Waals surface area contributed by atoms with Gasteiger partial charge in [-0.05, 0) is 12.1 Å². The molecule has 0 saturated carbocycles. The van der Waals surface area contributed by atoms with Gasteiger partial charge in [0.1, 0.15) is 11.7 Å². The van der Waals surface area contributed by atoms with Gasteiger partial charge in [0.2, 0.25) is 11.8 Å². The summed E-state index contributed by atoms with van der Waals surface area (Å²) < 4.78 is 5.26. The Bertz CT molecular complexity index is 639. The summed E-state index contributed by atoms with van der Waals surface area (Å²) in [6, 6.07) is 3.08. The van der Waals surface area contributed by atoms with Crippen LogP contribution in [0.3, 0.4) is 0 Å². The number of thiazole rings is 1. The van der Waals surface area contributed by atoms with Gasteiger partial charge in [0.05, 0.1) is 6.26 Å². The Kier molecular flexibility index (Phi) is 4.26. The molecule has 1 fully saturated rings. The second-order valence-electron chi connectivity index (χ2n) is 4.45. The summed E-state index contributed by atoms with van der Waals surface area (Å²) in [5.41, 5.74) is 0.680. The first-order valence-electron chi connectivity index (χ1n) is 6.40. The fourth-order valence-corrected chi connectivity index (χ4v) is 3.55. The lowest BCUT2D eigenvalue weighted by atomic mass is 10.3. The third kappa shape index (κ3) is 3.45. The van der Waals surface area contributed by atoms with E-state index in [1.165, 1.54) is 11.3 Å². The Morgan fingerprint density at radius 3 is 3.24 bits per heavy atom. The molecule has 21 heavy (non-hydrogen) atoms. The van der Waals surface area contributed by atoms with Crippen molar-refractivity contribution < 1.29 is 14.0 Å². The van der Waals surface area contributed by atoms with E-state index in [-0.39, 0.29) is 11.8 Å². The number of aromatic nitrogens is 1. The smallest absolute Gasteiger partial charge is 0.249 e. The Labute approximate surface area is 129 Å². The third-order valence-corrected chi connectivity index (χ3v) is 4.74. The van der Waals surface area contributed by atoms with Crippen LogP contribution in [0, 0.1) is 0 Å². The summed E-state index contributed by atoms with van der Waals surface area (Å²) in [5.74, 6) is 1.66. The van der Waals surface area contributed by atoms with Crippen LogP contribution in [0.4, 0.5) is 5.13 Å². The molecule has 1 saturated heterocycles. The maximum Gasteiger partial charge on any atom is 0.249 e. The van der Waals surface area contributed by atoms with Gasteiger partial charge in [-0.3, -0.25) is 9.59 Å². The van der Waals surface area contributed by atoms with Crippen LogP contribution in [0.1, 0.15) is 6.42 Å². The van der Waals surface area contributed by atoms with Gasteiger partial charge >= 0.3 is 0 Å². The number of carbonyl (C=O) groups is 2. The number of rotatable bonds is 3. The van der Waals surface area contributed by atoms with Crippen LogP contribution in [-0.2, 0) is 9.59 Å². The van der Waals surface area contributed by atoms with Gasteiger partial charge in [0.15, 0.2) is 10.9 Å². The highest BCUT2D eigenvalue weighted by Crippen LogP contribution is 2.25. The first-order chi connectivity index (χ1) is 10.2. The minimum atomic E-state index is -0.513. The van der Waals surface area contributed by atoms with Gasteiger partial charge in [-0.15, -0.1) is 11.3 Å². The van der Waals surface area contributed by atoms with Crippen molar-refractivity contribution in [1.29, 1.82) is 0 Å². The first-order valence-corrected chi connectivity index (χ1v) is 8.43. The number of anilines is 1. The van der Waals surface area contributed by atoms with E-state index < -0.39 is 6.04 Å². The van der Waals surface area contributed by atoms with Crippen molar-refractivity contribution >= 4 is 40.0 Å². The molecular formula is C13H13N3O3S2. The standard InChI is InChI=1S/C13H13N3O3S2/c17-11-3-5-20-6-9(14-11)12(18)16-13-15-8(7-21-13)10-2-1-4-19-10/h1-2,4,7,9H,3,5-6H2,(H,14,17)(H,15,16,18)/t9-/m1/s1. The van der Waals surface area contributed by atoms with Gasteiger partial charge in [-0.25, -0.2) is 4.98 Å². The number of hydrogen-bond donors (Lipinski definition) is 2. The fourth-order valence-electron chi connectivity index (χ4n) is 1.88. The molecule has 0 aromatic carbocycles. The fraction of sp³-hybridized carbons (Fsp3) is 0.308. The molecule has 0 unspecified atom stereocenters. The van der Waals surface area contributed by atoms with Crippen molar-refractivity contribution in [3.63, 3.8) is 0 Å². The zero-order valence-electron chi connectivity index (χ0n) is 11.0. The lowest BCUT2D eigenvalue weighted by Crippen LogP contribution is -2.44. The van der Waals surface area contributed by atoms with E-state index >= 15 is 0 Å². The average molecular weight is 323 g/mol. The first kappa shape index (κ1) is 14.2. The molecule has 0 bridgehead atoms. The van der Waals surface area contributed by atoms with Crippen LogP contribution in [0.5, 0.6) is 0 Å². The molecule has 1 aliphatic heterocycles. The zero-order chi connectivity index (χ0) is 14.7. The minimum absolute atomic E-state index is 0.0874. The largest absolute Gasteiger partial charge is 0.463 e. The quantitative estimate of drug-likeness (QED) is 0.902. The summed E-state index contributed by atoms with van der Waals surface area (Å²) in [6.07, 6.45) is 2.03. The molecule has 110 valence electrons. The molecule has 2 N–H and O–H groups in total. The molecule has 2 aromatic rings. The molecule has 3 rings (SSSR count). The van der Waals surface area contributed by atoms with E-state index in [1.807, 2.05) is 11.4 Å². The highest BCUT2D eigenvalue weighted by atomic mass is 32.2. The molecule has 0 aliphatic carbocycles. The van der Waals surface area contributed by atoms with Crippen LogP contribution in [0.15, 0.2) is 28.2 Å². The van der Waals surface area contributed by atoms with E-state index in [2.05, 4.69) is 15.6 Å². The Morgan fingerprint density at radius 2 is 2.43 bits per heavy atom. The zero-order valence-corrected chi connectivity index (χ0v) is 12.6. The Morgan fingerprint density at radius 1 is 1.52 bits per heavy atom. The molecule has 1 aliphatic rings. The van der Waals surface area contributed by atoms with E-state index in [0.717, 1.165) is 5.75 Å². The van der Waals surface area contributed by atoms with Crippen LogP contribution >= 0.6 is 23.1 Å². The number of thioether (sulfide) groups is 1. The number of amides is 2. The number of carbonyl (C=O) groups excluding carboxylic acids is 2. The molecule has 0 spiro atoms. The van der Waals surface area contributed by atoms with Crippen LogP contribution < -0.4 is 10.6 Å². The molecule has 2 aromatic heterocycles. The number of hydrogen-bond acceptors (Lipinski definition) is 6. The van der Waals surface area contributed by atoms with Gasteiger partial charge in [0, 0.05) is 23.3 Å². The minimum Gasteiger partial charge on any atom is -0.463 e. The highest BCUT2D eigenvalue weighted by molar-refractivity contribution is 7.99. The molecule has 2 amide bonds. The molecule has 3 heterocycles. The Hall–Kier alpha value is -1.80. The van der Waals surface area contributed by atoms with Crippen LogP contribution in [-0.4, -0.2) is 34.3 Å². The summed E-state index contributed by atoms with van der Waals surface area (Å²) >= 11 is 2.92. The number of nitrogens with zero attached hydrogens (tertiary/aromatic N) is 1. The SMILES string of the molecule is O=C1CCSC[C@H](C(=O)Nc2nc(-c3ccco3)cs2)N1. The van der Waals surface area contributed by atoms with Crippen LogP contribution in [0.2, 0.25) is 0 Å². The third-order valence-electron chi connectivity index (χ3n) is 2.92. The summed E-state index contributed by atoms with van der Waals surface area (Å²) in [7, 11) is 0. The van der Waals surface area contributed by atoms with Crippen molar-refractivity contribution in [2.24, 2.45) is 0 Å². The maximum atomic E-state index is 12.2. The lowest BCUT2D eigenvalue weighted by Gasteiger charge is -2.13. The Balaban J connectivity index is 1.66. The number of nitrogens with one attached hydrogen (secondary N) is 2. The lowest BCUT2D eigenvalue weighted by molar-refractivity contribution is -0.125. The van der Waals surface area contributed by atoms with Crippen molar-refractivity contribution in [3.8, 4) is 11.5 Å². The van der Waals surface area contributed by atoms with Crippen molar-refractivity contribution in [3.05, 3.63) is 23.8 Å². The second kappa shape index (κ2) is 6.31.